The highest BCUT2D eigenvalue weighted by molar-refractivity contribution is 5.95. The Balaban J connectivity index is 2.26. The number of ether oxygens (including phenoxy) is 1. The van der Waals surface area contributed by atoms with Crippen molar-refractivity contribution < 1.29 is 19.4 Å². The van der Waals surface area contributed by atoms with E-state index in [-0.39, 0.29) is 18.5 Å². The molecule has 1 aromatic rings. The number of aryl methyl sites for hydroxylation is 2. The predicted molar refractivity (Wildman–Crippen MR) is 83.3 cm³/mol. The number of carbonyl (C=O) groups excluding carboxylic acids is 1. The van der Waals surface area contributed by atoms with Crippen LogP contribution in [0.1, 0.15) is 41.3 Å². The molecule has 120 valence electrons. The van der Waals surface area contributed by atoms with E-state index in [0.29, 0.717) is 5.56 Å². The average molecular weight is 305 g/mol. The zero-order valence-electron chi connectivity index (χ0n) is 13.5. The van der Waals surface area contributed by atoms with E-state index in [9.17, 15) is 9.59 Å². The van der Waals surface area contributed by atoms with E-state index in [4.69, 9.17) is 9.84 Å². The van der Waals surface area contributed by atoms with Crippen molar-refractivity contribution in [2.75, 3.05) is 13.7 Å². The molecule has 0 saturated heterocycles. The average Bonchev–Trinajstić information content (AvgIpc) is 3.27. The van der Waals surface area contributed by atoms with Gasteiger partial charge in [-0.1, -0.05) is 6.92 Å². The Labute approximate surface area is 130 Å². The van der Waals surface area contributed by atoms with E-state index in [1.54, 1.807) is 18.9 Å². The van der Waals surface area contributed by atoms with E-state index >= 15 is 0 Å². The first-order chi connectivity index (χ1) is 10.3. The van der Waals surface area contributed by atoms with Crippen molar-refractivity contribution in [1.29, 1.82) is 0 Å². The van der Waals surface area contributed by atoms with Crippen LogP contribution in [0.25, 0.3) is 0 Å². The maximum Gasteiger partial charge on any atom is 0.308 e. The van der Waals surface area contributed by atoms with Gasteiger partial charge in [0.15, 0.2) is 0 Å². The summed E-state index contributed by atoms with van der Waals surface area (Å²) in [5, 5.41) is 9.09. The topological polar surface area (TPSA) is 66.8 Å². The smallest absolute Gasteiger partial charge is 0.308 e. The minimum absolute atomic E-state index is 0.0931. The first-order valence-electron chi connectivity index (χ1n) is 7.54. The zero-order chi connectivity index (χ0) is 16.4. The van der Waals surface area contributed by atoms with E-state index < -0.39 is 11.9 Å². The Morgan fingerprint density at radius 3 is 2.27 bits per heavy atom. The lowest BCUT2D eigenvalue weighted by molar-refractivity contribution is -0.141. The second-order valence-corrected chi connectivity index (χ2v) is 6.07. The molecular formula is C17H23NO4. The van der Waals surface area contributed by atoms with Crippen LogP contribution in [0.3, 0.4) is 0 Å². The molecule has 0 radical (unpaired) electrons. The third-order valence-electron chi connectivity index (χ3n) is 4.05. The second-order valence-electron chi connectivity index (χ2n) is 6.07. The number of carbonyl (C=O) groups is 2. The minimum atomic E-state index is -0.874. The van der Waals surface area contributed by atoms with Gasteiger partial charge in [0.1, 0.15) is 5.75 Å². The molecule has 5 nitrogen and oxygen atoms in total. The minimum Gasteiger partial charge on any atom is -0.496 e. The van der Waals surface area contributed by atoms with Crippen molar-refractivity contribution in [3.05, 3.63) is 28.8 Å². The van der Waals surface area contributed by atoms with Gasteiger partial charge >= 0.3 is 5.97 Å². The van der Waals surface area contributed by atoms with Gasteiger partial charge in [0.2, 0.25) is 0 Å². The van der Waals surface area contributed by atoms with Crippen molar-refractivity contribution >= 4 is 11.9 Å². The Kier molecular flexibility index (Phi) is 4.74. The highest BCUT2D eigenvalue weighted by atomic mass is 16.5. The molecule has 1 aliphatic rings. The molecule has 22 heavy (non-hydrogen) atoms. The van der Waals surface area contributed by atoms with Gasteiger partial charge in [0, 0.05) is 18.2 Å². The third kappa shape index (κ3) is 3.40. The van der Waals surface area contributed by atoms with E-state index in [0.717, 1.165) is 29.7 Å². The Hall–Kier alpha value is -2.04. The van der Waals surface area contributed by atoms with Crippen LogP contribution in [0.5, 0.6) is 5.75 Å². The summed E-state index contributed by atoms with van der Waals surface area (Å²) in [4.78, 5) is 25.6. The van der Waals surface area contributed by atoms with Crippen LogP contribution in [-0.4, -0.2) is 41.6 Å². The highest BCUT2D eigenvalue weighted by Gasteiger charge is 2.35. The van der Waals surface area contributed by atoms with E-state index in [1.165, 1.54) is 0 Å². The van der Waals surface area contributed by atoms with Gasteiger partial charge in [0.25, 0.3) is 5.91 Å². The van der Waals surface area contributed by atoms with Gasteiger partial charge in [0.05, 0.1) is 13.0 Å². The molecule has 1 saturated carbocycles. The number of nitrogens with zero attached hydrogens (tertiary/aromatic N) is 1. The molecule has 0 aromatic heterocycles. The van der Waals surface area contributed by atoms with Crippen molar-refractivity contribution in [3.8, 4) is 5.75 Å². The molecule has 1 N–H and O–H groups in total. The molecule has 1 amide bonds. The van der Waals surface area contributed by atoms with Gasteiger partial charge in [-0.3, -0.25) is 9.59 Å². The summed E-state index contributed by atoms with van der Waals surface area (Å²) >= 11 is 0. The van der Waals surface area contributed by atoms with E-state index in [2.05, 4.69) is 0 Å². The molecule has 1 aliphatic carbocycles. The van der Waals surface area contributed by atoms with Crippen molar-refractivity contribution in [2.24, 2.45) is 5.92 Å². The maximum absolute atomic E-state index is 12.8. The highest BCUT2D eigenvalue weighted by Crippen LogP contribution is 2.31. The van der Waals surface area contributed by atoms with Gasteiger partial charge < -0.3 is 14.7 Å². The van der Waals surface area contributed by atoms with Crippen LogP contribution in [0.15, 0.2) is 12.1 Å². The number of hydrogen-bond donors (Lipinski definition) is 1. The maximum atomic E-state index is 12.8. The van der Waals surface area contributed by atoms with Crippen molar-refractivity contribution in [2.45, 2.75) is 39.7 Å². The molecule has 5 heteroatoms. The molecular weight excluding hydrogens is 282 g/mol. The fourth-order valence-corrected chi connectivity index (χ4v) is 2.72. The number of amides is 1. The number of carboxylic acids is 1. The third-order valence-corrected chi connectivity index (χ3v) is 4.05. The summed E-state index contributed by atoms with van der Waals surface area (Å²) in [7, 11) is 1.61. The van der Waals surface area contributed by atoms with Crippen molar-refractivity contribution in [3.63, 3.8) is 0 Å². The molecule has 0 heterocycles. The predicted octanol–water partition coefficient (Wildman–Crippen LogP) is 2.64. The standard InChI is InChI=1S/C17H23NO4/c1-10-7-13(8-11(2)15(10)22-4)16(19)18(14-5-6-14)9-12(3)17(20)21/h7-8,12,14H,5-6,9H2,1-4H3,(H,20,21). The zero-order valence-corrected chi connectivity index (χ0v) is 13.5. The van der Waals surface area contributed by atoms with Crippen LogP contribution < -0.4 is 4.74 Å². The van der Waals surface area contributed by atoms with Gasteiger partial charge in [-0.25, -0.2) is 0 Å². The van der Waals surface area contributed by atoms with Gasteiger partial charge in [-0.05, 0) is 49.9 Å². The quantitative estimate of drug-likeness (QED) is 0.877. The first-order valence-corrected chi connectivity index (χ1v) is 7.54. The molecule has 2 rings (SSSR count). The number of benzene rings is 1. The van der Waals surface area contributed by atoms with Crippen LogP contribution in [-0.2, 0) is 4.79 Å². The summed E-state index contributed by atoms with van der Waals surface area (Å²) in [6.07, 6.45) is 1.90. The fourth-order valence-electron chi connectivity index (χ4n) is 2.72. The van der Waals surface area contributed by atoms with Gasteiger partial charge in [-0.15, -0.1) is 0 Å². The lowest BCUT2D eigenvalue weighted by Crippen LogP contribution is -2.38. The molecule has 1 aromatic carbocycles. The molecule has 1 atom stereocenters. The van der Waals surface area contributed by atoms with Crippen LogP contribution >= 0.6 is 0 Å². The second kappa shape index (κ2) is 6.38. The summed E-state index contributed by atoms with van der Waals surface area (Å²) in [5.74, 6) is -0.747. The SMILES string of the molecule is COc1c(C)cc(C(=O)N(CC(C)C(=O)O)C2CC2)cc1C. The molecule has 1 fully saturated rings. The number of rotatable bonds is 6. The normalized spacial score (nSPS) is 15.3. The summed E-state index contributed by atoms with van der Waals surface area (Å²) < 4.78 is 5.32. The first kappa shape index (κ1) is 16.3. The van der Waals surface area contributed by atoms with Crippen molar-refractivity contribution in [1.82, 2.24) is 4.90 Å². The lowest BCUT2D eigenvalue weighted by atomic mass is 10.0. The number of hydrogen-bond acceptors (Lipinski definition) is 3. The molecule has 0 spiro atoms. The van der Waals surface area contributed by atoms with Gasteiger partial charge in [-0.2, -0.15) is 0 Å². The molecule has 1 unspecified atom stereocenters. The summed E-state index contributed by atoms with van der Waals surface area (Å²) in [6.45, 7) is 5.70. The fraction of sp³-hybridized carbons (Fsp3) is 0.529. The molecule has 0 bridgehead atoms. The van der Waals surface area contributed by atoms with Crippen LogP contribution in [0, 0.1) is 19.8 Å². The molecule has 0 aliphatic heterocycles. The Morgan fingerprint density at radius 2 is 1.86 bits per heavy atom. The largest absolute Gasteiger partial charge is 0.496 e. The monoisotopic (exact) mass is 305 g/mol. The summed E-state index contributed by atoms with van der Waals surface area (Å²) in [6, 6.07) is 3.81. The van der Waals surface area contributed by atoms with Crippen LogP contribution in [0.2, 0.25) is 0 Å². The number of carboxylic acid groups (broad SMARTS) is 1. The number of aliphatic carboxylic acids is 1. The lowest BCUT2D eigenvalue weighted by Gasteiger charge is -2.25. The van der Waals surface area contributed by atoms with E-state index in [1.807, 2.05) is 26.0 Å². The number of methoxy groups -OCH3 is 1. The Morgan fingerprint density at radius 1 is 1.32 bits per heavy atom. The Bertz CT molecular complexity index is 569. The van der Waals surface area contributed by atoms with Crippen LogP contribution in [0.4, 0.5) is 0 Å². The summed E-state index contributed by atoms with van der Waals surface area (Å²) in [5.41, 5.74) is 2.42.